The second-order valence-corrected chi connectivity index (χ2v) is 9.20. The number of sulfonamides is 1. The highest BCUT2D eigenvalue weighted by Gasteiger charge is 2.27. The first-order valence-corrected chi connectivity index (χ1v) is 11.6. The predicted molar refractivity (Wildman–Crippen MR) is 124 cm³/mol. The van der Waals surface area contributed by atoms with Crippen molar-refractivity contribution < 1.29 is 17.9 Å². The van der Waals surface area contributed by atoms with Crippen molar-refractivity contribution in [2.45, 2.75) is 11.8 Å². The van der Waals surface area contributed by atoms with Crippen LogP contribution in [0.3, 0.4) is 0 Å². The van der Waals surface area contributed by atoms with E-state index in [0.717, 1.165) is 4.31 Å². The lowest BCUT2D eigenvalue weighted by Crippen LogP contribution is -2.38. The zero-order valence-corrected chi connectivity index (χ0v) is 18.9. The number of anilines is 2. The van der Waals surface area contributed by atoms with Crippen molar-refractivity contribution in [2.24, 2.45) is 0 Å². The van der Waals surface area contributed by atoms with E-state index >= 15 is 0 Å². The van der Waals surface area contributed by atoms with E-state index in [2.05, 4.69) is 5.32 Å². The van der Waals surface area contributed by atoms with Gasteiger partial charge in [0.2, 0.25) is 5.91 Å². The van der Waals surface area contributed by atoms with Crippen molar-refractivity contribution in [1.29, 1.82) is 0 Å². The number of amides is 1. The van der Waals surface area contributed by atoms with Crippen molar-refractivity contribution in [1.82, 2.24) is 0 Å². The lowest BCUT2D eigenvalue weighted by Gasteiger charge is -2.24. The van der Waals surface area contributed by atoms with E-state index in [4.69, 9.17) is 27.9 Å². The highest BCUT2D eigenvalue weighted by molar-refractivity contribution is 7.92. The molecule has 31 heavy (non-hydrogen) atoms. The molecule has 0 aromatic heterocycles. The van der Waals surface area contributed by atoms with Crippen molar-refractivity contribution in [3.63, 3.8) is 0 Å². The van der Waals surface area contributed by atoms with Crippen molar-refractivity contribution in [3.05, 3.63) is 82.8 Å². The van der Waals surface area contributed by atoms with Gasteiger partial charge in [0.25, 0.3) is 10.0 Å². The Kier molecular flexibility index (Phi) is 7.43. The Morgan fingerprint density at radius 2 is 1.65 bits per heavy atom. The largest absolute Gasteiger partial charge is 0.494 e. The van der Waals surface area contributed by atoms with E-state index < -0.39 is 22.5 Å². The number of rotatable bonds is 8. The van der Waals surface area contributed by atoms with E-state index in [1.54, 1.807) is 42.5 Å². The van der Waals surface area contributed by atoms with Crippen LogP contribution in [0, 0.1) is 0 Å². The van der Waals surface area contributed by atoms with Gasteiger partial charge in [0, 0.05) is 21.8 Å². The van der Waals surface area contributed by atoms with Gasteiger partial charge < -0.3 is 10.1 Å². The predicted octanol–water partition coefficient (Wildman–Crippen LogP) is 5.23. The van der Waals surface area contributed by atoms with Gasteiger partial charge in [-0.15, -0.1) is 0 Å². The number of carbonyl (C=O) groups is 1. The van der Waals surface area contributed by atoms with Gasteiger partial charge in [0.05, 0.1) is 17.2 Å². The van der Waals surface area contributed by atoms with Crippen LogP contribution < -0.4 is 14.4 Å². The van der Waals surface area contributed by atoms with E-state index in [-0.39, 0.29) is 20.6 Å². The van der Waals surface area contributed by atoms with Gasteiger partial charge in [0.1, 0.15) is 12.3 Å². The van der Waals surface area contributed by atoms with Crippen LogP contribution in [0.4, 0.5) is 11.4 Å². The number of benzene rings is 3. The van der Waals surface area contributed by atoms with Crippen LogP contribution in [0.5, 0.6) is 5.75 Å². The molecule has 0 spiro atoms. The number of carbonyl (C=O) groups excluding carboxylic acids is 1. The van der Waals surface area contributed by atoms with E-state index in [9.17, 15) is 13.2 Å². The number of halogens is 2. The van der Waals surface area contributed by atoms with E-state index in [1.807, 2.05) is 6.92 Å². The third-order valence-corrected chi connectivity index (χ3v) is 6.41. The highest BCUT2D eigenvalue weighted by atomic mass is 35.5. The molecule has 3 aromatic rings. The quantitative estimate of drug-likeness (QED) is 0.480. The Labute approximate surface area is 191 Å². The fourth-order valence-corrected chi connectivity index (χ4v) is 4.82. The summed E-state index contributed by atoms with van der Waals surface area (Å²) in [5, 5.41) is 3.20. The van der Waals surface area contributed by atoms with Gasteiger partial charge in [-0.25, -0.2) is 8.42 Å². The number of hydrogen-bond donors (Lipinski definition) is 1. The topological polar surface area (TPSA) is 75.7 Å². The van der Waals surface area contributed by atoms with Crippen LogP contribution in [0.2, 0.25) is 10.0 Å². The zero-order chi connectivity index (χ0) is 22.4. The van der Waals surface area contributed by atoms with Crippen LogP contribution in [-0.2, 0) is 14.8 Å². The maximum Gasteiger partial charge on any atom is 0.264 e. The van der Waals surface area contributed by atoms with E-state index in [0.29, 0.717) is 18.0 Å². The summed E-state index contributed by atoms with van der Waals surface area (Å²) in [6, 6.07) is 19.0. The molecule has 0 aliphatic carbocycles. The molecule has 0 atom stereocenters. The molecule has 162 valence electrons. The number of hydrogen-bond acceptors (Lipinski definition) is 4. The van der Waals surface area contributed by atoms with Crippen LogP contribution in [0.25, 0.3) is 0 Å². The van der Waals surface area contributed by atoms with Gasteiger partial charge in [-0.05, 0) is 49.4 Å². The third kappa shape index (κ3) is 5.91. The number of ether oxygens (including phenoxy) is 1. The fourth-order valence-electron chi connectivity index (χ4n) is 2.88. The first-order valence-electron chi connectivity index (χ1n) is 9.36. The summed E-state index contributed by atoms with van der Waals surface area (Å²) in [5.41, 5.74) is 0.664. The molecular weight excluding hydrogens is 459 g/mol. The molecule has 1 N–H and O–H groups in total. The molecule has 1 amide bonds. The first-order chi connectivity index (χ1) is 14.8. The minimum absolute atomic E-state index is 0.0391. The highest BCUT2D eigenvalue weighted by Crippen LogP contribution is 2.29. The van der Waals surface area contributed by atoms with Gasteiger partial charge in [-0.3, -0.25) is 9.10 Å². The molecule has 0 radical (unpaired) electrons. The molecule has 3 rings (SSSR count). The second-order valence-electron chi connectivity index (χ2n) is 6.46. The maximum atomic E-state index is 13.3. The molecule has 0 unspecified atom stereocenters. The van der Waals surface area contributed by atoms with Crippen LogP contribution in [0.1, 0.15) is 6.92 Å². The van der Waals surface area contributed by atoms with Gasteiger partial charge in [0.15, 0.2) is 0 Å². The molecule has 0 bridgehead atoms. The summed E-state index contributed by atoms with van der Waals surface area (Å²) >= 11 is 12.2. The Morgan fingerprint density at radius 3 is 2.29 bits per heavy atom. The Morgan fingerprint density at radius 1 is 0.968 bits per heavy atom. The third-order valence-electron chi connectivity index (χ3n) is 4.18. The minimum atomic E-state index is -4.06. The Hall–Kier alpha value is -2.74. The second kappa shape index (κ2) is 10.0. The number of nitrogens with zero attached hydrogens (tertiary/aromatic N) is 1. The molecule has 0 aliphatic heterocycles. The standard InChI is InChI=1S/C22H20Cl2N2O4S/c1-2-30-20-8-6-7-18(14-20)25-22(27)15-26(19-12-16(23)11-17(24)13-19)31(28,29)21-9-4-3-5-10-21/h3-14H,2,15H2,1H3,(H,25,27). The lowest BCUT2D eigenvalue weighted by molar-refractivity contribution is -0.114. The SMILES string of the molecule is CCOc1cccc(NC(=O)CN(c2cc(Cl)cc(Cl)c2)S(=O)(=O)c2ccccc2)c1. The first kappa shape index (κ1) is 22.9. The summed E-state index contributed by atoms with van der Waals surface area (Å²) in [7, 11) is -4.06. The normalized spacial score (nSPS) is 11.1. The van der Waals surface area contributed by atoms with E-state index in [1.165, 1.54) is 30.3 Å². The summed E-state index contributed by atoms with van der Waals surface area (Å²) in [6.07, 6.45) is 0. The van der Waals surface area contributed by atoms with Gasteiger partial charge >= 0.3 is 0 Å². The average Bonchev–Trinajstić information content (AvgIpc) is 2.72. The summed E-state index contributed by atoms with van der Waals surface area (Å²) in [5.74, 6) is 0.0555. The monoisotopic (exact) mass is 478 g/mol. The molecule has 6 nitrogen and oxygen atoms in total. The van der Waals surface area contributed by atoms with Gasteiger partial charge in [-0.1, -0.05) is 47.5 Å². The van der Waals surface area contributed by atoms with Crippen LogP contribution >= 0.6 is 23.2 Å². The van der Waals surface area contributed by atoms with Crippen molar-refractivity contribution >= 4 is 50.5 Å². The van der Waals surface area contributed by atoms with Crippen LogP contribution in [0.15, 0.2) is 77.7 Å². The van der Waals surface area contributed by atoms with Crippen LogP contribution in [-0.4, -0.2) is 27.5 Å². The molecule has 3 aromatic carbocycles. The minimum Gasteiger partial charge on any atom is -0.494 e. The average molecular weight is 479 g/mol. The summed E-state index contributed by atoms with van der Waals surface area (Å²) in [4.78, 5) is 12.8. The van der Waals surface area contributed by atoms with Gasteiger partial charge in [-0.2, -0.15) is 0 Å². The Balaban J connectivity index is 1.93. The molecule has 0 aliphatic rings. The molecule has 0 fully saturated rings. The van der Waals surface area contributed by atoms with Crippen molar-refractivity contribution in [2.75, 3.05) is 22.8 Å². The van der Waals surface area contributed by atoms with Crippen molar-refractivity contribution in [3.8, 4) is 5.75 Å². The molecule has 9 heteroatoms. The smallest absolute Gasteiger partial charge is 0.264 e. The lowest BCUT2D eigenvalue weighted by atomic mass is 10.3. The zero-order valence-electron chi connectivity index (χ0n) is 16.6. The summed E-state index contributed by atoms with van der Waals surface area (Å²) in [6.45, 7) is 1.86. The maximum absolute atomic E-state index is 13.3. The summed E-state index contributed by atoms with van der Waals surface area (Å²) < 4.78 is 33.0. The molecule has 0 heterocycles. The molecular formula is C22H20Cl2N2O4S. The molecule has 0 saturated carbocycles. The Bertz CT molecular complexity index is 1150. The number of nitrogens with one attached hydrogen (secondary N) is 1. The fraction of sp³-hybridized carbons (Fsp3) is 0.136. The molecule has 0 saturated heterocycles.